The van der Waals surface area contributed by atoms with Crippen molar-refractivity contribution in [2.45, 2.75) is 19.9 Å². The highest BCUT2D eigenvalue weighted by Crippen LogP contribution is 2.23. The average molecular weight is 245 g/mol. The van der Waals surface area contributed by atoms with Crippen LogP contribution in [0.5, 0.6) is 0 Å². The van der Waals surface area contributed by atoms with Gasteiger partial charge in [0.15, 0.2) is 0 Å². The third-order valence-electron chi connectivity index (χ3n) is 2.70. The summed E-state index contributed by atoms with van der Waals surface area (Å²) >= 11 is 0. The lowest BCUT2D eigenvalue weighted by atomic mass is 10.1. The Morgan fingerprint density at radius 1 is 1.38 bits per heavy atom. The zero-order chi connectivity index (χ0) is 12.3. The van der Waals surface area contributed by atoms with Crippen LogP contribution in [0.2, 0.25) is 0 Å². The number of hydrogen-bond acceptors (Lipinski definition) is 2. The largest absolute Gasteiger partial charge is 0.214 e. The molecule has 0 saturated carbocycles. The van der Waals surface area contributed by atoms with Crippen molar-refractivity contribution in [2.24, 2.45) is 0 Å². The summed E-state index contributed by atoms with van der Waals surface area (Å²) in [5.41, 5.74) is 0.391. The molecule has 0 aliphatic heterocycles. The molecule has 0 aliphatic carbocycles. The summed E-state index contributed by atoms with van der Waals surface area (Å²) in [6, 6.07) is 5.72. The number of sulfonamides is 1. The normalized spacial score (nSPS) is 14.1. The molecule has 90 valence electrons. The first-order valence-electron chi connectivity index (χ1n) is 5.10. The SMILES string of the molecule is CCS(=O)(=O)N(C)C(C)c1ccccc1F. The van der Waals surface area contributed by atoms with Gasteiger partial charge in [-0.25, -0.2) is 12.8 Å². The summed E-state index contributed by atoms with van der Waals surface area (Å²) < 4.78 is 37.9. The second kappa shape index (κ2) is 4.93. The number of nitrogens with zero attached hydrogens (tertiary/aromatic N) is 1. The van der Waals surface area contributed by atoms with E-state index in [9.17, 15) is 12.8 Å². The summed E-state index contributed by atoms with van der Waals surface area (Å²) in [6.07, 6.45) is 0. The maximum atomic E-state index is 13.5. The standard InChI is InChI=1S/C11H16FNO2S/c1-4-16(14,15)13(3)9(2)10-7-5-6-8-11(10)12/h5-9H,4H2,1-3H3. The molecule has 1 unspecified atom stereocenters. The van der Waals surface area contributed by atoms with Crippen molar-refractivity contribution in [3.63, 3.8) is 0 Å². The van der Waals surface area contributed by atoms with Gasteiger partial charge in [-0.3, -0.25) is 0 Å². The van der Waals surface area contributed by atoms with E-state index in [1.807, 2.05) is 0 Å². The summed E-state index contributed by atoms with van der Waals surface area (Å²) in [7, 11) is -1.83. The Bertz CT molecular complexity index is 459. The lowest BCUT2D eigenvalue weighted by molar-refractivity contribution is 0.388. The molecule has 0 fully saturated rings. The first-order chi connectivity index (χ1) is 7.40. The van der Waals surface area contributed by atoms with Gasteiger partial charge in [0, 0.05) is 18.7 Å². The topological polar surface area (TPSA) is 37.4 Å². The second-order valence-electron chi connectivity index (χ2n) is 3.61. The maximum absolute atomic E-state index is 13.5. The molecule has 16 heavy (non-hydrogen) atoms. The van der Waals surface area contributed by atoms with E-state index in [1.54, 1.807) is 32.0 Å². The van der Waals surface area contributed by atoms with Crippen LogP contribution < -0.4 is 0 Å². The average Bonchev–Trinajstić information content (AvgIpc) is 2.27. The minimum Gasteiger partial charge on any atom is -0.212 e. The summed E-state index contributed by atoms with van der Waals surface area (Å²) in [4.78, 5) is 0. The van der Waals surface area contributed by atoms with Crippen molar-refractivity contribution in [1.82, 2.24) is 4.31 Å². The molecule has 5 heteroatoms. The summed E-state index contributed by atoms with van der Waals surface area (Å²) in [6.45, 7) is 3.24. The van der Waals surface area contributed by atoms with E-state index in [0.717, 1.165) is 0 Å². The molecule has 0 aromatic heterocycles. The van der Waals surface area contributed by atoms with E-state index in [2.05, 4.69) is 0 Å². The van der Waals surface area contributed by atoms with Crippen molar-refractivity contribution in [3.8, 4) is 0 Å². The molecule has 0 heterocycles. The number of rotatable bonds is 4. The van der Waals surface area contributed by atoms with Crippen LogP contribution in [0.4, 0.5) is 4.39 Å². The summed E-state index contributed by atoms with van der Waals surface area (Å²) in [5.74, 6) is -0.365. The number of halogens is 1. The van der Waals surface area contributed by atoms with Gasteiger partial charge in [-0.1, -0.05) is 18.2 Å². The van der Waals surface area contributed by atoms with Gasteiger partial charge in [-0.05, 0) is 19.9 Å². The van der Waals surface area contributed by atoms with Crippen LogP contribution in [0.15, 0.2) is 24.3 Å². The van der Waals surface area contributed by atoms with Gasteiger partial charge in [0.1, 0.15) is 5.82 Å². The third-order valence-corrected chi connectivity index (χ3v) is 4.63. The predicted octanol–water partition coefficient (Wildman–Crippen LogP) is 2.17. The monoisotopic (exact) mass is 245 g/mol. The van der Waals surface area contributed by atoms with Gasteiger partial charge < -0.3 is 0 Å². The highest BCUT2D eigenvalue weighted by molar-refractivity contribution is 7.89. The molecule has 1 rings (SSSR count). The molecule has 1 aromatic carbocycles. The van der Waals surface area contributed by atoms with Crippen LogP contribution in [0.25, 0.3) is 0 Å². The zero-order valence-electron chi connectivity index (χ0n) is 9.64. The summed E-state index contributed by atoms with van der Waals surface area (Å²) in [5, 5.41) is 0. The van der Waals surface area contributed by atoms with E-state index >= 15 is 0 Å². The van der Waals surface area contributed by atoms with Crippen molar-refractivity contribution >= 4 is 10.0 Å². The van der Waals surface area contributed by atoms with Gasteiger partial charge in [0.25, 0.3) is 0 Å². The highest BCUT2D eigenvalue weighted by atomic mass is 32.2. The Morgan fingerprint density at radius 3 is 2.44 bits per heavy atom. The molecule has 1 aromatic rings. The lowest BCUT2D eigenvalue weighted by Crippen LogP contribution is -2.31. The zero-order valence-corrected chi connectivity index (χ0v) is 10.5. The molecule has 0 radical (unpaired) electrons. The fourth-order valence-electron chi connectivity index (χ4n) is 1.45. The van der Waals surface area contributed by atoms with Crippen molar-refractivity contribution in [1.29, 1.82) is 0 Å². The van der Waals surface area contributed by atoms with E-state index in [0.29, 0.717) is 5.56 Å². The third kappa shape index (κ3) is 2.59. The van der Waals surface area contributed by atoms with Crippen LogP contribution in [-0.4, -0.2) is 25.5 Å². The van der Waals surface area contributed by atoms with Gasteiger partial charge >= 0.3 is 0 Å². The Labute approximate surface area is 95.9 Å². The molecule has 0 aliphatic rings. The van der Waals surface area contributed by atoms with Gasteiger partial charge in [-0.15, -0.1) is 0 Å². The molecule has 0 bridgehead atoms. The van der Waals surface area contributed by atoms with Gasteiger partial charge in [0.05, 0.1) is 5.75 Å². The van der Waals surface area contributed by atoms with E-state index in [-0.39, 0.29) is 11.6 Å². The van der Waals surface area contributed by atoms with Crippen molar-refractivity contribution < 1.29 is 12.8 Å². The minimum absolute atomic E-state index is 0.0162. The Morgan fingerprint density at radius 2 is 1.94 bits per heavy atom. The van der Waals surface area contributed by atoms with Gasteiger partial charge in [-0.2, -0.15) is 4.31 Å². The van der Waals surface area contributed by atoms with E-state index in [1.165, 1.54) is 17.4 Å². The van der Waals surface area contributed by atoms with E-state index < -0.39 is 16.1 Å². The minimum atomic E-state index is -3.30. The number of hydrogen-bond donors (Lipinski definition) is 0. The second-order valence-corrected chi connectivity index (χ2v) is 5.93. The van der Waals surface area contributed by atoms with Crippen LogP contribution in [0.3, 0.4) is 0 Å². The molecular formula is C11H16FNO2S. The number of benzene rings is 1. The Hall–Kier alpha value is -0.940. The quantitative estimate of drug-likeness (QED) is 0.815. The lowest BCUT2D eigenvalue weighted by Gasteiger charge is -2.24. The first-order valence-corrected chi connectivity index (χ1v) is 6.71. The van der Waals surface area contributed by atoms with Crippen LogP contribution >= 0.6 is 0 Å². The Balaban J connectivity index is 3.04. The molecule has 3 nitrogen and oxygen atoms in total. The Kier molecular flexibility index (Phi) is 4.04. The smallest absolute Gasteiger partial charge is 0.212 e. The molecule has 1 atom stereocenters. The first kappa shape index (κ1) is 13.1. The predicted molar refractivity (Wildman–Crippen MR) is 62.0 cm³/mol. The molecular weight excluding hydrogens is 229 g/mol. The molecule has 0 spiro atoms. The van der Waals surface area contributed by atoms with Crippen molar-refractivity contribution in [2.75, 3.05) is 12.8 Å². The van der Waals surface area contributed by atoms with Crippen LogP contribution in [-0.2, 0) is 10.0 Å². The molecule has 0 N–H and O–H groups in total. The van der Waals surface area contributed by atoms with Gasteiger partial charge in [0.2, 0.25) is 10.0 Å². The van der Waals surface area contributed by atoms with Crippen molar-refractivity contribution in [3.05, 3.63) is 35.6 Å². The fraction of sp³-hybridized carbons (Fsp3) is 0.455. The molecule has 0 saturated heterocycles. The molecule has 0 amide bonds. The van der Waals surface area contributed by atoms with Crippen LogP contribution in [0, 0.1) is 5.82 Å². The fourth-order valence-corrected chi connectivity index (χ4v) is 2.46. The highest BCUT2D eigenvalue weighted by Gasteiger charge is 2.24. The van der Waals surface area contributed by atoms with Crippen LogP contribution in [0.1, 0.15) is 25.5 Å². The maximum Gasteiger partial charge on any atom is 0.214 e. The van der Waals surface area contributed by atoms with E-state index in [4.69, 9.17) is 0 Å².